The predicted octanol–water partition coefficient (Wildman–Crippen LogP) is 5.48. The molecule has 1 heterocycles. The Morgan fingerprint density at radius 3 is 2.54 bits per heavy atom. The number of rotatable bonds is 5. The fourth-order valence-electron chi connectivity index (χ4n) is 4.30. The first kappa shape index (κ1) is 17.2. The van der Waals surface area contributed by atoms with Gasteiger partial charge in [0.05, 0.1) is 0 Å². The third-order valence-corrected chi connectivity index (χ3v) is 5.75. The summed E-state index contributed by atoms with van der Waals surface area (Å²) >= 11 is 0. The number of hydrogen-bond acceptors (Lipinski definition) is 1. The summed E-state index contributed by atoms with van der Waals surface area (Å²) in [5.74, 6) is 2.48. The second-order valence-electron chi connectivity index (χ2n) is 7.31. The molecule has 1 N–H and O–H groups in total. The van der Waals surface area contributed by atoms with E-state index < -0.39 is 0 Å². The zero-order chi connectivity index (χ0) is 16.8. The van der Waals surface area contributed by atoms with Gasteiger partial charge in [0.2, 0.25) is 0 Å². The first-order valence-electron chi connectivity index (χ1n) is 9.57. The topological polar surface area (TPSA) is 12.0 Å². The van der Waals surface area contributed by atoms with Crippen LogP contribution < -0.4 is 5.32 Å². The molecule has 1 aliphatic carbocycles. The van der Waals surface area contributed by atoms with E-state index in [2.05, 4.69) is 79.9 Å². The van der Waals surface area contributed by atoms with Crippen LogP contribution in [-0.2, 0) is 0 Å². The van der Waals surface area contributed by atoms with Crippen molar-refractivity contribution in [1.82, 2.24) is 5.32 Å². The normalized spacial score (nSPS) is 26.5. The molecule has 1 saturated heterocycles. The summed E-state index contributed by atoms with van der Waals surface area (Å²) in [6, 6.07) is 11.2. The molecule has 0 amide bonds. The molecule has 0 saturated carbocycles. The predicted molar refractivity (Wildman–Crippen MR) is 104 cm³/mol. The third-order valence-electron chi connectivity index (χ3n) is 5.75. The molecule has 3 rings (SSSR count). The maximum absolute atomic E-state index is 3.53. The molecule has 3 atom stereocenters. The van der Waals surface area contributed by atoms with Crippen molar-refractivity contribution in [2.24, 2.45) is 17.8 Å². The smallest absolute Gasteiger partial charge is 0.00211 e. The van der Waals surface area contributed by atoms with Crippen molar-refractivity contribution >= 4 is 0 Å². The van der Waals surface area contributed by atoms with Gasteiger partial charge in [0.1, 0.15) is 0 Å². The lowest BCUT2D eigenvalue weighted by atomic mass is 9.67. The Kier molecular flexibility index (Phi) is 6.09. The third kappa shape index (κ3) is 4.08. The summed E-state index contributed by atoms with van der Waals surface area (Å²) in [6.07, 6.45) is 15.6. The van der Waals surface area contributed by atoms with E-state index in [4.69, 9.17) is 0 Å². The van der Waals surface area contributed by atoms with Gasteiger partial charge in [0.15, 0.2) is 0 Å². The minimum absolute atomic E-state index is 0.523. The zero-order valence-corrected chi connectivity index (χ0v) is 15.1. The van der Waals surface area contributed by atoms with Crippen molar-refractivity contribution in [2.75, 3.05) is 13.1 Å². The van der Waals surface area contributed by atoms with Crippen LogP contribution in [0.4, 0.5) is 0 Å². The van der Waals surface area contributed by atoms with Crippen molar-refractivity contribution in [3.8, 4) is 0 Å². The Hall–Kier alpha value is -1.60. The number of benzene rings is 1. The van der Waals surface area contributed by atoms with Crippen LogP contribution in [0.25, 0.3) is 0 Å². The van der Waals surface area contributed by atoms with Crippen molar-refractivity contribution in [3.05, 3.63) is 71.8 Å². The Morgan fingerprint density at radius 2 is 1.83 bits per heavy atom. The van der Waals surface area contributed by atoms with Gasteiger partial charge >= 0.3 is 0 Å². The molecule has 3 unspecified atom stereocenters. The number of allylic oxidation sites excluding steroid dienone is 6. The summed E-state index contributed by atoms with van der Waals surface area (Å²) in [7, 11) is 0. The van der Waals surface area contributed by atoms with Gasteiger partial charge in [0.25, 0.3) is 0 Å². The SMILES string of the molecule is CC/C(C)=C/C1C=CC=CC1C(c1ccccc1)C1CCNCC1. The van der Waals surface area contributed by atoms with E-state index >= 15 is 0 Å². The fraction of sp³-hybridized carbons (Fsp3) is 0.478. The van der Waals surface area contributed by atoms with Crippen molar-refractivity contribution in [1.29, 1.82) is 0 Å². The monoisotopic (exact) mass is 321 g/mol. The molecule has 0 radical (unpaired) electrons. The fourth-order valence-corrected chi connectivity index (χ4v) is 4.30. The largest absolute Gasteiger partial charge is 0.317 e. The van der Waals surface area contributed by atoms with Crippen LogP contribution in [-0.4, -0.2) is 13.1 Å². The minimum Gasteiger partial charge on any atom is -0.317 e. The summed E-state index contributed by atoms with van der Waals surface area (Å²) in [5.41, 5.74) is 3.02. The molecule has 1 heteroatoms. The standard InChI is InChI=1S/C23H31N/c1-3-18(2)17-21-11-7-8-12-22(21)23(19-9-5-4-6-10-19)20-13-15-24-16-14-20/h4-12,17,20-24H,3,13-16H2,1-2H3/b18-17+. The molecule has 24 heavy (non-hydrogen) atoms. The number of nitrogens with one attached hydrogen (secondary N) is 1. The Labute approximate surface area is 147 Å². The molecular formula is C23H31N. The molecule has 2 aliphatic rings. The van der Waals surface area contributed by atoms with Gasteiger partial charge in [-0.05, 0) is 62.6 Å². The minimum atomic E-state index is 0.523. The van der Waals surface area contributed by atoms with Crippen LogP contribution in [0.2, 0.25) is 0 Å². The quantitative estimate of drug-likeness (QED) is 0.708. The highest BCUT2D eigenvalue weighted by molar-refractivity contribution is 5.29. The second kappa shape index (κ2) is 8.48. The first-order valence-corrected chi connectivity index (χ1v) is 9.57. The second-order valence-corrected chi connectivity index (χ2v) is 7.31. The van der Waals surface area contributed by atoms with Crippen molar-refractivity contribution in [3.63, 3.8) is 0 Å². The summed E-state index contributed by atoms with van der Waals surface area (Å²) < 4.78 is 0. The van der Waals surface area contributed by atoms with Crippen LogP contribution in [0.15, 0.2) is 66.3 Å². The lowest BCUT2D eigenvalue weighted by Crippen LogP contribution is -2.34. The van der Waals surface area contributed by atoms with E-state index in [1.165, 1.54) is 24.0 Å². The highest BCUT2D eigenvalue weighted by atomic mass is 14.9. The average molecular weight is 322 g/mol. The van der Waals surface area contributed by atoms with Gasteiger partial charge in [-0.2, -0.15) is 0 Å². The summed E-state index contributed by atoms with van der Waals surface area (Å²) in [6.45, 7) is 6.85. The molecule has 128 valence electrons. The van der Waals surface area contributed by atoms with E-state index in [0.29, 0.717) is 17.8 Å². The molecule has 1 aromatic carbocycles. The van der Waals surface area contributed by atoms with Gasteiger partial charge in [-0.15, -0.1) is 0 Å². The molecule has 0 aromatic heterocycles. The first-order chi connectivity index (χ1) is 11.8. The van der Waals surface area contributed by atoms with E-state index in [1.807, 2.05) is 0 Å². The number of piperidine rings is 1. The Balaban J connectivity index is 1.94. The zero-order valence-electron chi connectivity index (χ0n) is 15.1. The lowest BCUT2D eigenvalue weighted by molar-refractivity contribution is 0.259. The van der Waals surface area contributed by atoms with Gasteiger partial charge in [-0.3, -0.25) is 0 Å². The van der Waals surface area contributed by atoms with Crippen LogP contribution in [0, 0.1) is 17.8 Å². The average Bonchev–Trinajstić information content (AvgIpc) is 2.65. The molecule has 1 nitrogen and oxygen atoms in total. The van der Waals surface area contributed by atoms with Crippen molar-refractivity contribution in [2.45, 2.75) is 39.0 Å². The lowest BCUT2D eigenvalue weighted by Gasteiger charge is -2.38. The van der Waals surface area contributed by atoms with Gasteiger partial charge in [-0.25, -0.2) is 0 Å². The molecule has 1 fully saturated rings. The Bertz CT molecular complexity index is 590. The maximum Gasteiger partial charge on any atom is 0.00211 e. The van der Waals surface area contributed by atoms with Crippen LogP contribution >= 0.6 is 0 Å². The highest BCUT2D eigenvalue weighted by Gasteiger charge is 2.34. The van der Waals surface area contributed by atoms with E-state index in [1.54, 1.807) is 0 Å². The van der Waals surface area contributed by atoms with Crippen molar-refractivity contribution < 1.29 is 0 Å². The van der Waals surface area contributed by atoms with E-state index in [-0.39, 0.29) is 0 Å². The van der Waals surface area contributed by atoms with E-state index in [9.17, 15) is 0 Å². The molecule has 1 aliphatic heterocycles. The maximum atomic E-state index is 3.53. The van der Waals surface area contributed by atoms with Gasteiger partial charge < -0.3 is 5.32 Å². The summed E-state index contributed by atoms with van der Waals surface area (Å²) in [4.78, 5) is 0. The highest BCUT2D eigenvalue weighted by Crippen LogP contribution is 2.43. The molecular weight excluding hydrogens is 290 g/mol. The molecule has 1 aromatic rings. The van der Waals surface area contributed by atoms with Crippen LogP contribution in [0.3, 0.4) is 0 Å². The van der Waals surface area contributed by atoms with E-state index in [0.717, 1.165) is 25.4 Å². The van der Waals surface area contributed by atoms with Crippen LogP contribution in [0.5, 0.6) is 0 Å². The molecule has 0 bridgehead atoms. The van der Waals surface area contributed by atoms with Gasteiger partial charge in [0, 0.05) is 5.92 Å². The number of hydrogen-bond donors (Lipinski definition) is 1. The van der Waals surface area contributed by atoms with Gasteiger partial charge in [-0.1, -0.05) is 73.2 Å². The van der Waals surface area contributed by atoms with Crippen LogP contribution in [0.1, 0.15) is 44.6 Å². The summed E-state index contributed by atoms with van der Waals surface area (Å²) in [5, 5.41) is 3.53. The Morgan fingerprint density at radius 1 is 1.12 bits per heavy atom. The molecule has 0 spiro atoms.